The van der Waals surface area contributed by atoms with Gasteiger partial charge in [0.05, 0.1) is 12.8 Å². The molecule has 0 spiro atoms. The first-order valence-corrected chi connectivity index (χ1v) is 9.91. The van der Waals surface area contributed by atoms with E-state index >= 15 is 0 Å². The predicted octanol–water partition coefficient (Wildman–Crippen LogP) is 4.98. The summed E-state index contributed by atoms with van der Waals surface area (Å²) in [6.45, 7) is 15.9. The quantitative estimate of drug-likeness (QED) is 0.193. The Bertz CT molecular complexity index is 549. The fourth-order valence-corrected chi connectivity index (χ4v) is 3.14. The molecular weight excluding hydrogens is 416 g/mol. The van der Waals surface area contributed by atoms with Crippen LogP contribution in [0.25, 0.3) is 0 Å². The average molecular weight is 450 g/mol. The van der Waals surface area contributed by atoms with Gasteiger partial charge in [-0.1, -0.05) is 55.4 Å². The highest BCUT2D eigenvalue weighted by molar-refractivity contribution is 5.76. The van der Waals surface area contributed by atoms with Crippen molar-refractivity contribution in [2.24, 2.45) is 22.7 Å². The molecule has 31 heavy (non-hydrogen) atoms. The van der Waals surface area contributed by atoms with Gasteiger partial charge < -0.3 is 4.74 Å². The molecular formula is C20H34O11. The van der Waals surface area contributed by atoms with Gasteiger partial charge >= 0.3 is 24.2 Å². The van der Waals surface area contributed by atoms with Gasteiger partial charge in [0.2, 0.25) is 0 Å². The van der Waals surface area contributed by atoms with Crippen LogP contribution < -0.4 is 0 Å². The lowest BCUT2D eigenvalue weighted by Crippen LogP contribution is -2.20. The fourth-order valence-electron chi connectivity index (χ4n) is 3.14. The van der Waals surface area contributed by atoms with Gasteiger partial charge in [0, 0.05) is 10.1 Å². The minimum Gasteiger partial charge on any atom is -0.323 e. The Hall–Kier alpha value is -2.40. The van der Waals surface area contributed by atoms with Gasteiger partial charge in [-0.3, -0.25) is 9.78 Å². The van der Waals surface area contributed by atoms with Gasteiger partial charge in [0.15, 0.2) is 0 Å². The smallest absolute Gasteiger partial charge is 0.323 e. The molecule has 0 rings (SSSR count). The zero-order chi connectivity index (χ0) is 24.2. The summed E-state index contributed by atoms with van der Waals surface area (Å²) in [5.41, 5.74) is 0.0601. The molecule has 2 atom stereocenters. The lowest BCUT2D eigenvalue weighted by molar-refractivity contribution is -0.466. The Labute approximate surface area is 182 Å². The molecule has 0 aliphatic carbocycles. The molecule has 0 fully saturated rings. The first-order chi connectivity index (χ1) is 14.1. The van der Waals surface area contributed by atoms with Crippen LogP contribution in [0.4, 0.5) is 9.59 Å². The van der Waals surface area contributed by atoms with Crippen molar-refractivity contribution >= 4 is 24.2 Å². The lowest BCUT2D eigenvalue weighted by Gasteiger charge is -2.22. The van der Waals surface area contributed by atoms with E-state index in [1.165, 1.54) is 0 Å². The fraction of sp³-hybridized carbons (Fsp3) is 0.800. The Morgan fingerprint density at radius 3 is 1.23 bits per heavy atom. The second kappa shape index (κ2) is 13.1. The Morgan fingerprint density at radius 2 is 0.935 bits per heavy atom. The zero-order valence-electron chi connectivity index (χ0n) is 19.5. The molecule has 11 nitrogen and oxygen atoms in total. The average Bonchev–Trinajstić information content (AvgIpc) is 2.50. The Balaban J connectivity index is 3.96. The van der Waals surface area contributed by atoms with E-state index in [4.69, 9.17) is 0 Å². The van der Waals surface area contributed by atoms with Crippen LogP contribution in [0.15, 0.2) is 0 Å². The summed E-state index contributed by atoms with van der Waals surface area (Å²) in [6, 6.07) is 0. The van der Waals surface area contributed by atoms with Crippen LogP contribution in [0.3, 0.4) is 0 Å². The van der Waals surface area contributed by atoms with Crippen molar-refractivity contribution in [3.8, 4) is 0 Å². The van der Waals surface area contributed by atoms with Gasteiger partial charge in [-0.2, -0.15) is 9.59 Å². The number of carbonyl (C=O) groups is 4. The van der Waals surface area contributed by atoms with E-state index in [1.807, 2.05) is 55.4 Å². The normalized spacial score (nSPS) is 13.5. The minimum atomic E-state index is -1.70. The number of rotatable bonds is 10. The molecule has 0 amide bonds. The van der Waals surface area contributed by atoms with E-state index in [0.717, 1.165) is 12.8 Å². The van der Waals surface area contributed by atoms with Crippen LogP contribution in [0.5, 0.6) is 0 Å². The second-order valence-corrected chi connectivity index (χ2v) is 9.96. The van der Waals surface area contributed by atoms with Crippen LogP contribution in [0.2, 0.25) is 0 Å². The maximum absolute atomic E-state index is 11.6. The molecule has 0 aromatic heterocycles. The van der Waals surface area contributed by atoms with Crippen molar-refractivity contribution in [3.05, 3.63) is 0 Å². The summed E-state index contributed by atoms with van der Waals surface area (Å²) in [5, 5.41) is 7.91. The summed E-state index contributed by atoms with van der Waals surface area (Å²) in [4.78, 5) is 61.9. The molecule has 11 heteroatoms. The third-order valence-corrected chi connectivity index (χ3v) is 3.58. The van der Waals surface area contributed by atoms with Gasteiger partial charge in [0.1, 0.15) is 0 Å². The van der Waals surface area contributed by atoms with Crippen molar-refractivity contribution < 1.29 is 53.5 Å². The third-order valence-electron chi connectivity index (χ3n) is 3.58. The minimum absolute atomic E-state index is 0.00865. The number of ether oxygens (including phenoxy) is 1. The molecule has 2 unspecified atom stereocenters. The maximum Gasteiger partial charge on any atom is 0.553 e. The first kappa shape index (κ1) is 28.6. The van der Waals surface area contributed by atoms with E-state index < -0.39 is 24.2 Å². The van der Waals surface area contributed by atoms with Crippen LogP contribution >= 0.6 is 0 Å². The highest BCUT2D eigenvalue weighted by Gasteiger charge is 2.22. The summed E-state index contributed by atoms with van der Waals surface area (Å²) in [7, 11) is 0. The molecule has 0 saturated carbocycles. The molecule has 0 heterocycles. The second-order valence-electron chi connectivity index (χ2n) is 9.96. The number of hydrogen-bond acceptors (Lipinski definition) is 11. The van der Waals surface area contributed by atoms with Gasteiger partial charge in [-0.05, 0) is 35.5 Å². The zero-order valence-corrected chi connectivity index (χ0v) is 19.5. The third kappa shape index (κ3) is 18.1. The monoisotopic (exact) mass is 450 g/mol. The molecule has 0 aliphatic heterocycles. The molecule has 0 radical (unpaired) electrons. The van der Waals surface area contributed by atoms with E-state index in [0.29, 0.717) is 0 Å². The molecule has 0 aliphatic rings. The number of hydrogen-bond donors (Lipinski definition) is 0. The highest BCUT2D eigenvalue weighted by Crippen LogP contribution is 2.27. The molecule has 0 N–H and O–H groups in total. The van der Waals surface area contributed by atoms with Crippen LogP contribution in [-0.2, 0) is 44.0 Å². The maximum atomic E-state index is 11.6. The topological polar surface area (TPSA) is 133 Å². The highest BCUT2D eigenvalue weighted by atomic mass is 17.5. The van der Waals surface area contributed by atoms with E-state index in [-0.39, 0.29) is 35.5 Å². The summed E-state index contributed by atoms with van der Waals surface area (Å²) >= 11 is 0. The molecule has 0 saturated heterocycles. The van der Waals surface area contributed by atoms with Crippen LogP contribution in [0.1, 0.15) is 81.1 Å². The van der Waals surface area contributed by atoms with E-state index in [9.17, 15) is 19.2 Å². The largest absolute Gasteiger partial charge is 0.553 e. The standard InChI is InChI=1S/C20H34O11/c1-13(11-19(3,4)5)9-15(21)26-30-28-17(23)25-18(24)29-31-27-16(22)10-14(2)12-20(6,7)8/h13-14H,9-12H2,1-8H3. The van der Waals surface area contributed by atoms with Gasteiger partial charge in [0.25, 0.3) is 0 Å². The van der Waals surface area contributed by atoms with Crippen LogP contribution in [-0.4, -0.2) is 24.2 Å². The predicted molar refractivity (Wildman–Crippen MR) is 104 cm³/mol. The Morgan fingerprint density at radius 1 is 0.613 bits per heavy atom. The summed E-state index contributed by atoms with van der Waals surface area (Å²) in [6.07, 6.45) is -1.81. The van der Waals surface area contributed by atoms with Gasteiger partial charge in [-0.25, -0.2) is 19.4 Å². The van der Waals surface area contributed by atoms with Crippen molar-refractivity contribution in [1.82, 2.24) is 0 Å². The van der Waals surface area contributed by atoms with Crippen molar-refractivity contribution in [3.63, 3.8) is 0 Å². The first-order valence-electron chi connectivity index (χ1n) is 9.91. The van der Waals surface area contributed by atoms with E-state index in [2.05, 4.69) is 34.4 Å². The Kier molecular flexibility index (Phi) is 12.1. The van der Waals surface area contributed by atoms with Crippen LogP contribution in [0, 0.1) is 22.7 Å². The lowest BCUT2D eigenvalue weighted by atomic mass is 9.84. The van der Waals surface area contributed by atoms with Crippen molar-refractivity contribution in [1.29, 1.82) is 0 Å². The summed E-state index contributed by atoms with van der Waals surface area (Å²) < 4.78 is 3.95. The van der Waals surface area contributed by atoms with Crippen molar-refractivity contribution in [2.75, 3.05) is 0 Å². The molecule has 0 aromatic rings. The SMILES string of the molecule is CC(CC(=O)OOOC(=O)OC(=O)OOOC(=O)CC(C)CC(C)(C)C)CC(C)(C)C. The van der Waals surface area contributed by atoms with Crippen molar-refractivity contribution in [2.45, 2.75) is 81.1 Å². The molecule has 180 valence electrons. The van der Waals surface area contributed by atoms with E-state index in [1.54, 1.807) is 0 Å². The van der Waals surface area contributed by atoms with Gasteiger partial charge in [-0.15, -0.1) is 0 Å². The molecule has 0 bridgehead atoms. The number of carbonyl (C=O) groups excluding carboxylic acids is 4. The summed E-state index contributed by atoms with van der Waals surface area (Å²) in [5.74, 6) is -1.53. The molecule has 0 aromatic carbocycles.